The second-order valence-corrected chi connectivity index (χ2v) is 10.5. The minimum absolute atomic E-state index is 0.321. The smallest absolute Gasteiger partial charge is 0.344 e. The Morgan fingerprint density at radius 1 is 0.390 bits per heavy atom. The normalized spacial score (nSPS) is 12.0. The van der Waals surface area contributed by atoms with Crippen molar-refractivity contribution in [3.8, 4) is 11.4 Å². The van der Waals surface area contributed by atoms with Gasteiger partial charge in [0.1, 0.15) is 5.58 Å². The zero-order chi connectivity index (χ0) is 27.1. The van der Waals surface area contributed by atoms with Crippen molar-refractivity contribution in [1.29, 1.82) is 0 Å². The van der Waals surface area contributed by atoms with Gasteiger partial charge in [-0.3, -0.25) is 0 Å². The van der Waals surface area contributed by atoms with Crippen LogP contribution in [-0.2, 0) is 0 Å². The lowest BCUT2D eigenvalue weighted by atomic mass is 10.0. The monoisotopic (exact) mass is 526 g/mol. The van der Waals surface area contributed by atoms with Crippen LogP contribution in [0.25, 0.3) is 76.7 Å². The number of hydrogen-bond donors (Lipinski definition) is 0. The molecule has 0 spiro atoms. The van der Waals surface area contributed by atoms with E-state index in [0.29, 0.717) is 11.0 Å². The maximum atomic E-state index is 13.2. The molecule has 3 heterocycles. The van der Waals surface area contributed by atoms with Crippen LogP contribution in [-0.4, -0.2) is 9.13 Å². The zero-order valence-electron chi connectivity index (χ0n) is 21.9. The fourth-order valence-electron chi connectivity index (χ4n) is 6.57. The third-order valence-corrected chi connectivity index (χ3v) is 8.34. The van der Waals surface area contributed by atoms with Gasteiger partial charge in [0.2, 0.25) is 0 Å². The first-order chi connectivity index (χ1) is 20.3. The van der Waals surface area contributed by atoms with Gasteiger partial charge in [0, 0.05) is 43.7 Å². The molecule has 0 aliphatic heterocycles. The molecular weight excluding hydrogens is 504 g/mol. The third kappa shape index (κ3) is 3.07. The molecule has 0 fully saturated rings. The number of fused-ring (bicyclic) bond motifs is 9. The van der Waals surface area contributed by atoms with Crippen molar-refractivity contribution in [3.63, 3.8) is 0 Å². The van der Waals surface area contributed by atoms with Crippen molar-refractivity contribution >= 4 is 65.4 Å². The van der Waals surface area contributed by atoms with Crippen LogP contribution in [0.2, 0.25) is 0 Å². The summed E-state index contributed by atoms with van der Waals surface area (Å²) in [5.74, 6) is 0. The highest BCUT2D eigenvalue weighted by atomic mass is 16.4. The van der Waals surface area contributed by atoms with E-state index >= 15 is 0 Å². The number of benzene rings is 6. The summed E-state index contributed by atoms with van der Waals surface area (Å²) < 4.78 is 10.3. The molecule has 4 nitrogen and oxygen atoms in total. The summed E-state index contributed by atoms with van der Waals surface area (Å²) in [6.07, 6.45) is 0. The molecule has 0 saturated heterocycles. The first-order valence-corrected chi connectivity index (χ1v) is 13.7. The van der Waals surface area contributed by atoms with Gasteiger partial charge in [-0.25, -0.2) is 4.79 Å². The summed E-state index contributed by atoms with van der Waals surface area (Å²) in [4.78, 5) is 13.2. The summed E-state index contributed by atoms with van der Waals surface area (Å²) in [5.41, 5.74) is 6.86. The number of nitrogens with zero attached hydrogens (tertiary/aromatic N) is 2. The summed E-state index contributed by atoms with van der Waals surface area (Å²) in [5, 5.41) is 7.07. The highest BCUT2D eigenvalue weighted by Gasteiger charge is 2.18. The summed E-state index contributed by atoms with van der Waals surface area (Å²) in [6.45, 7) is 0. The van der Waals surface area contributed by atoms with Gasteiger partial charge in [0.25, 0.3) is 0 Å². The molecule has 0 unspecified atom stereocenters. The summed E-state index contributed by atoms with van der Waals surface area (Å²) >= 11 is 0. The molecule has 0 atom stereocenters. The van der Waals surface area contributed by atoms with E-state index in [0.717, 1.165) is 49.5 Å². The Kier molecular flexibility index (Phi) is 4.44. The van der Waals surface area contributed by atoms with Gasteiger partial charge in [0.15, 0.2) is 0 Å². The van der Waals surface area contributed by atoms with Crippen LogP contribution in [0.3, 0.4) is 0 Å². The minimum Gasteiger partial charge on any atom is -0.422 e. The van der Waals surface area contributed by atoms with Crippen LogP contribution in [0.4, 0.5) is 0 Å². The molecule has 0 bridgehead atoms. The van der Waals surface area contributed by atoms with Crippen LogP contribution in [0.1, 0.15) is 0 Å². The topological polar surface area (TPSA) is 40.1 Å². The molecule has 0 amide bonds. The molecule has 3 aromatic heterocycles. The van der Waals surface area contributed by atoms with Crippen LogP contribution in [0, 0.1) is 0 Å². The lowest BCUT2D eigenvalue weighted by molar-refractivity contribution is 0.570. The SMILES string of the molecule is O=c1oc2ccccc2c2cc3c4ccccc4n(-c4ccc5c(c4)c4ccccc4n5-c4ccccc4)c3cc12. The van der Waals surface area contributed by atoms with Crippen molar-refractivity contribution in [2.24, 2.45) is 0 Å². The predicted octanol–water partition coefficient (Wildman–Crippen LogP) is 9.14. The van der Waals surface area contributed by atoms with Crippen molar-refractivity contribution in [2.45, 2.75) is 0 Å². The molecule has 4 heteroatoms. The van der Waals surface area contributed by atoms with Crippen molar-refractivity contribution in [2.75, 3.05) is 0 Å². The third-order valence-electron chi connectivity index (χ3n) is 8.34. The Labute approximate surface area is 233 Å². The average Bonchev–Trinajstić information content (AvgIpc) is 3.53. The molecule has 192 valence electrons. The van der Waals surface area contributed by atoms with Crippen LogP contribution in [0.15, 0.2) is 143 Å². The van der Waals surface area contributed by atoms with Crippen LogP contribution >= 0.6 is 0 Å². The van der Waals surface area contributed by atoms with Gasteiger partial charge >= 0.3 is 5.63 Å². The van der Waals surface area contributed by atoms with Crippen molar-refractivity contribution in [3.05, 3.63) is 144 Å². The van der Waals surface area contributed by atoms with Gasteiger partial charge in [-0.15, -0.1) is 0 Å². The Balaban J connectivity index is 1.40. The van der Waals surface area contributed by atoms with Gasteiger partial charge in [-0.2, -0.15) is 0 Å². The van der Waals surface area contributed by atoms with E-state index in [1.165, 1.54) is 16.3 Å². The summed E-state index contributed by atoms with van der Waals surface area (Å²) in [6, 6.07) is 46.1. The van der Waals surface area contributed by atoms with Crippen molar-refractivity contribution < 1.29 is 4.42 Å². The van der Waals surface area contributed by atoms with E-state index in [-0.39, 0.29) is 5.63 Å². The number of hydrogen-bond acceptors (Lipinski definition) is 2. The predicted molar refractivity (Wildman–Crippen MR) is 169 cm³/mol. The highest BCUT2D eigenvalue weighted by molar-refractivity contribution is 6.18. The molecule has 0 aliphatic rings. The second-order valence-electron chi connectivity index (χ2n) is 10.5. The van der Waals surface area contributed by atoms with Gasteiger partial charge < -0.3 is 13.6 Å². The Morgan fingerprint density at radius 3 is 1.73 bits per heavy atom. The lowest BCUT2D eigenvalue weighted by Gasteiger charge is -2.11. The number of rotatable bonds is 2. The molecule has 0 aliphatic carbocycles. The van der Waals surface area contributed by atoms with Gasteiger partial charge in [0.05, 0.1) is 27.5 Å². The first kappa shape index (κ1) is 22.2. The van der Waals surface area contributed by atoms with E-state index < -0.39 is 0 Å². The standard InChI is InChI=1S/C37H22N2O2/c40-37-31-22-35-30(21-28(31)27-14-6-9-17-36(27)41-37)26-13-5-8-16-33(26)39(35)24-18-19-34-29(20-24)25-12-4-7-15-32(25)38(34)23-10-2-1-3-11-23/h1-22H. The van der Waals surface area contributed by atoms with E-state index in [4.69, 9.17) is 4.42 Å². The Morgan fingerprint density at radius 2 is 0.976 bits per heavy atom. The minimum atomic E-state index is -0.321. The van der Waals surface area contributed by atoms with Crippen LogP contribution in [0.5, 0.6) is 0 Å². The molecule has 0 saturated carbocycles. The number of aromatic nitrogens is 2. The Bertz CT molecular complexity index is 2550. The Hall–Kier alpha value is -5.61. The molecule has 41 heavy (non-hydrogen) atoms. The molecule has 6 aromatic carbocycles. The molecular formula is C37H22N2O2. The maximum absolute atomic E-state index is 13.2. The molecule has 9 aromatic rings. The molecule has 0 N–H and O–H groups in total. The quantitative estimate of drug-likeness (QED) is 0.166. The van der Waals surface area contributed by atoms with E-state index in [1.807, 2.05) is 36.4 Å². The van der Waals surface area contributed by atoms with E-state index in [9.17, 15) is 4.79 Å². The molecule has 9 rings (SSSR count). The van der Waals surface area contributed by atoms with Crippen molar-refractivity contribution in [1.82, 2.24) is 9.13 Å². The maximum Gasteiger partial charge on any atom is 0.344 e. The fraction of sp³-hybridized carbons (Fsp3) is 0. The second kappa shape index (κ2) is 8.20. The van der Waals surface area contributed by atoms with E-state index in [2.05, 4.69) is 106 Å². The molecule has 0 radical (unpaired) electrons. The zero-order valence-corrected chi connectivity index (χ0v) is 21.9. The van der Waals surface area contributed by atoms with Gasteiger partial charge in [-0.05, 0) is 60.7 Å². The van der Waals surface area contributed by atoms with Crippen LogP contribution < -0.4 is 5.63 Å². The lowest BCUT2D eigenvalue weighted by Crippen LogP contribution is -2.01. The number of para-hydroxylation sites is 4. The average molecular weight is 527 g/mol. The largest absolute Gasteiger partial charge is 0.422 e. The first-order valence-electron chi connectivity index (χ1n) is 13.7. The van der Waals surface area contributed by atoms with E-state index in [1.54, 1.807) is 0 Å². The summed E-state index contributed by atoms with van der Waals surface area (Å²) in [7, 11) is 0. The van der Waals surface area contributed by atoms with Gasteiger partial charge in [-0.1, -0.05) is 72.8 Å². The highest BCUT2D eigenvalue weighted by Crippen LogP contribution is 2.38. The fourth-order valence-corrected chi connectivity index (χ4v) is 6.57.